The van der Waals surface area contributed by atoms with Gasteiger partial charge in [-0.1, -0.05) is 54.6 Å². The molecule has 0 atom stereocenters. The van der Waals surface area contributed by atoms with E-state index in [4.69, 9.17) is 4.99 Å². The quantitative estimate of drug-likeness (QED) is 0.460. The predicted molar refractivity (Wildman–Crippen MR) is 120 cm³/mol. The Hall–Kier alpha value is -3.66. The van der Waals surface area contributed by atoms with Gasteiger partial charge in [0.05, 0.1) is 28.3 Å². The molecule has 1 heterocycles. The fourth-order valence-corrected chi connectivity index (χ4v) is 3.39. The van der Waals surface area contributed by atoms with Crippen molar-refractivity contribution in [3.05, 3.63) is 106 Å². The third-order valence-corrected chi connectivity index (χ3v) is 5.12. The molecule has 0 aliphatic heterocycles. The van der Waals surface area contributed by atoms with Gasteiger partial charge in [-0.2, -0.15) is 0 Å². The number of benzene rings is 3. The summed E-state index contributed by atoms with van der Waals surface area (Å²) in [6, 6.07) is 25.5. The van der Waals surface area contributed by atoms with Gasteiger partial charge in [0.15, 0.2) is 0 Å². The van der Waals surface area contributed by atoms with E-state index in [0.717, 1.165) is 22.6 Å². The number of aryl methyl sites for hydroxylation is 2. The van der Waals surface area contributed by atoms with Gasteiger partial charge in [-0.05, 0) is 56.2 Å². The van der Waals surface area contributed by atoms with E-state index in [1.807, 2.05) is 79.7 Å². The molecule has 144 valence electrons. The van der Waals surface area contributed by atoms with Gasteiger partial charge in [0.25, 0.3) is 5.56 Å². The van der Waals surface area contributed by atoms with Crippen molar-refractivity contribution in [3.8, 4) is 16.9 Å². The summed E-state index contributed by atoms with van der Waals surface area (Å²) in [5.41, 5.74) is 6.91. The van der Waals surface area contributed by atoms with Crippen molar-refractivity contribution in [3.63, 3.8) is 0 Å². The molecule has 1 N–H and O–H groups in total. The Morgan fingerprint density at radius 3 is 2.17 bits per heavy atom. The van der Waals surface area contributed by atoms with Crippen LogP contribution in [0.15, 0.2) is 88.6 Å². The Bertz CT molecular complexity index is 1230. The molecule has 0 saturated carbocycles. The van der Waals surface area contributed by atoms with E-state index in [9.17, 15) is 4.79 Å². The highest BCUT2D eigenvalue weighted by Crippen LogP contribution is 2.24. The number of rotatable bonds is 4. The van der Waals surface area contributed by atoms with Crippen LogP contribution in [0.1, 0.15) is 23.6 Å². The molecule has 0 saturated heterocycles. The number of aliphatic imine (C=N–C) groups is 1. The Morgan fingerprint density at radius 2 is 1.52 bits per heavy atom. The maximum atomic E-state index is 13.4. The van der Waals surface area contributed by atoms with E-state index >= 15 is 0 Å². The molecule has 0 unspecified atom stereocenters. The summed E-state index contributed by atoms with van der Waals surface area (Å²) in [6.45, 7) is 6.03. The largest absolute Gasteiger partial charge is 0.290 e. The average Bonchev–Trinajstić information content (AvgIpc) is 3.09. The number of hydrogen-bond donors (Lipinski definition) is 1. The maximum Gasteiger partial charge on any atom is 0.280 e. The van der Waals surface area contributed by atoms with Crippen molar-refractivity contribution in [1.29, 1.82) is 0 Å². The molecule has 4 aromatic rings. The van der Waals surface area contributed by atoms with Crippen molar-refractivity contribution in [1.82, 2.24) is 9.78 Å². The van der Waals surface area contributed by atoms with E-state index < -0.39 is 0 Å². The standard InChI is InChI=1S/C25H23N3O/c1-17-14-15-21(16-18(17)2)26-19(3)23-24(20-10-6-4-7-11-20)27-28(25(23)29)22-12-8-5-9-13-22/h4-16,27H,1-3H3. The number of H-pyrrole nitrogens is 1. The summed E-state index contributed by atoms with van der Waals surface area (Å²) < 4.78 is 1.58. The summed E-state index contributed by atoms with van der Waals surface area (Å²) in [6.07, 6.45) is 0. The molecule has 4 rings (SSSR count). The summed E-state index contributed by atoms with van der Waals surface area (Å²) >= 11 is 0. The molecular weight excluding hydrogens is 358 g/mol. The smallest absolute Gasteiger partial charge is 0.280 e. The Morgan fingerprint density at radius 1 is 0.862 bits per heavy atom. The van der Waals surface area contributed by atoms with Gasteiger partial charge in [-0.25, -0.2) is 4.68 Å². The Labute approximate surface area is 170 Å². The molecule has 0 radical (unpaired) electrons. The number of aromatic amines is 1. The van der Waals surface area contributed by atoms with E-state index in [1.54, 1.807) is 4.68 Å². The zero-order valence-corrected chi connectivity index (χ0v) is 16.8. The number of aromatic nitrogens is 2. The van der Waals surface area contributed by atoms with Gasteiger partial charge in [0, 0.05) is 5.56 Å². The molecular formula is C25H23N3O. The van der Waals surface area contributed by atoms with Crippen LogP contribution >= 0.6 is 0 Å². The van der Waals surface area contributed by atoms with E-state index in [2.05, 4.69) is 25.0 Å². The third-order valence-electron chi connectivity index (χ3n) is 5.12. The van der Waals surface area contributed by atoms with Crippen molar-refractivity contribution in [2.75, 3.05) is 0 Å². The van der Waals surface area contributed by atoms with Crippen LogP contribution in [0.3, 0.4) is 0 Å². The van der Waals surface area contributed by atoms with Crippen LogP contribution in [0.5, 0.6) is 0 Å². The van der Waals surface area contributed by atoms with Crippen molar-refractivity contribution in [2.24, 2.45) is 4.99 Å². The van der Waals surface area contributed by atoms with Crippen molar-refractivity contribution in [2.45, 2.75) is 20.8 Å². The fourth-order valence-electron chi connectivity index (χ4n) is 3.39. The first-order valence-corrected chi connectivity index (χ1v) is 9.63. The minimum Gasteiger partial charge on any atom is -0.290 e. The average molecular weight is 381 g/mol. The predicted octanol–water partition coefficient (Wildman–Crippen LogP) is 5.59. The summed E-state index contributed by atoms with van der Waals surface area (Å²) in [5.74, 6) is 0. The second-order valence-corrected chi connectivity index (χ2v) is 7.17. The topological polar surface area (TPSA) is 50.1 Å². The monoisotopic (exact) mass is 381 g/mol. The molecule has 1 aromatic heterocycles. The molecule has 0 aliphatic rings. The highest BCUT2D eigenvalue weighted by atomic mass is 16.1. The fraction of sp³-hybridized carbons (Fsp3) is 0.120. The summed E-state index contributed by atoms with van der Waals surface area (Å²) in [4.78, 5) is 18.1. The van der Waals surface area contributed by atoms with E-state index in [1.165, 1.54) is 11.1 Å². The lowest BCUT2D eigenvalue weighted by molar-refractivity contribution is 0.852. The zero-order chi connectivity index (χ0) is 20.4. The number of nitrogens with zero attached hydrogens (tertiary/aromatic N) is 2. The second-order valence-electron chi connectivity index (χ2n) is 7.17. The van der Waals surface area contributed by atoms with Crippen molar-refractivity contribution >= 4 is 11.4 Å². The maximum absolute atomic E-state index is 13.4. The minimum absolute atomic E-state index is 0.111. The zero-order valence-electron chi connectivity index (χ0n) is 16.8. The van der Waals surface area contributed by atoms with Gasteiger partial charge in [-0.3, -0.25) is 14.9 Å². The minimum atomic E-state index is -0.111. The van der Waals surface area contributed by atoms with E-state index in [0.29, 0.717) is 11.3 Å². The van der Waals surface area contributed by atoms with Gasteiger partial charge in [0.1, 0.15) is 0 Å². The van der Waals surface area contributed by atoms with Crippen LogP contribution < -0.4 is 5.56 Å². The molecule has 4 heteroatoms. The Balaban J connectivity index is 1.91. The molecule has 0 aliphatic carbocycles. The first kappa shape index (κ1) is 18.7. The highest BCUT2D eigenvalue weighted by molar-refractivity contribution is 6.04. The van der Waals surface area contributed by atoms with Gasteiger partial charge < -0.3 is 0 Å². The number of para-hydroxylation sites is 1. The van der Waals surface area contributed by atoms with Gasteiger partial charge in [0.2, 0.25) is 0 Å². The third kappa shape index (κ3) is 3.69. The SMILES string of the molecule is CC(=Nc1ccc(C)c(C)c1)c1c(-c2ccccc2)[nH]n(-c2ccccc2)c1=O. The normalized spacial score (nSPS) is 11.6. The number of hydrogen-bond acceptors (Lipinski definition) is 2. The molecule has 4 nitrogen and oxygen atoms in total. The lowest BCUT2D eigenvalue weighted by Gasteiger charge is -2.04. The van der Waals surface area contributed by atoms with Crippen LogP contribution in [-0.2, 0) is 0 Å². The van der Waals surface area contributed by atoms with Crippen LogP contribution in [0.4, 0.5) is 5.69 Å². The lowest BCUT2D eigenvalue weighted by Crippen LogP contribution is -2.19. The second kappa shape index (κ2) is 7.76. The lowest BCUT2D eigenvalue weighted by atomic mass is 10.0. The first-order chi connectivity index (χ1) is 14.0. The molecule has 0 bridgehead atoms. The van der Waals surface area contributed by atoms with Gasteiger partial charge >= 0.3 is 0 Å². The first-order valence-electron chi connectivity index (χ1n) is 9.63. The summed E-state index contributed by atoms with van der Waals surface area (Å²) in [5, 5.41) is 3.29. The van der Waals surface area contributed by atoms with Crippen molar-refractivity contribution < 1.29 is 0 Å². The highest BCUT2D eigenvalue weighted by Gasteiger charge is 2.19. The van der Waals surface area contributed by atoms with Crippen LogP contribution in [-0.4, -0.2) is 15.5 Å². The molecule has 3 aromatic carbocycles. The number of nitrogens with one attached hydrogen (secondary N) is 1. The molecule has 29 heavy (non-hydrogen) atoms. The summed E-state index contributed by atoms with van der Waals surface area (Å²) in [7, 11) is 0. The van der Waals surface area contributed by atoms with Crippen LogP contribution in [0, 0.1) is 13.8 Å². The Kier molecular flexibility index (Phi) is 5.00. The molecule has 0 fully saturated rings. The molecule has 0 spiro atoms. The van der Waals surface area contributed by atoms with Gasteiger partial charge in [-0.15, -0.1) is 0 Å². The van der Waals surface area contributed by atoms with Crippen LogP contribution in [0.2, 0.25) is 0 Å². The van der Waals surface area contributed by atoms with Crippen LogP contribution in [0.25, 0.3) is 16.9 Å². The molecule has 0 amide bonds. The van der Waals surface area contributed by atoms with E-state index in [-0.39, 0.29) is 5.56 Å².